The zero-order chi connectivity index (χ0) is 19.4. The third kappa shape index (κ3) is 5.52. The van der Waals surface area contributed by atoms with Gasteiger partial charge in [0.15, 0.2) is 5.96 Å². The van der Waals surface area contributed by atoms with Crippen LogP contribution in [0.5, 0.6) is 0 Å². The monoisotopic (exact) mass is 537 g/mol. The normalized spacial score (nSPS) is 18.5. The smallest absolute Gasteiger partial charge is 0.193 e. The van der Waals surface area contributed by atoms with Gasteiger partial charge in [0.1, 0.15) is 6.10 Å². The van der Waals surface area contributed by atoms with E-state index in [9.17, 15) is 0 Å². The zero-order valence-corrected chi connectivity index (χ0v) is 20.1. The van der Waals surface area contributed by atoms with E-state index in [2.05, 4.69) is 27.2 Å². The van der Waals surface area contributed by atoms with E-state index >= 15 is 0 Å². The second-order valence-corrected chi connectivity index (χ2v) is 7.53. The van der Waals surface area contributed by atoms with Crippen LogP contribution < -0.4 is 5.32 Å². The molecule has 0 saturated carbocycles. The SMILES string of the molecule is CN=C(NCC(C)c1c(Cl)cccc1Cl)N1CCOC(c2cnn(C)c2)C1.I. The number of hydrogen-bond acceptors (Lipinski definition) is 3. The highest BCUT2D eigenvalue weighted by Crippen LogP contribution is 2.31. The van der Waals surface area contributed by atoms with E-state index in [-0.39, 0.29) is 36.0 Å². The van der Waals surface area contributed by atoms with E-state index in [1.54, 1.807) is 11.7 Å². The van der Waals surface area contributed by atoms with Gasteiger partial charge in [0.25, 0.3) is 0 Å². The van der Waals surface area contributed by atoms with Crippen LogP contribution in [0.4, 0.5) is 0 Å². The van der Waals surface area contributed by atoms with Gasteiger partial charge in [0.2, 0.25) is 0 Å². The second kappa shape index (κ2) is 10.7. The number of guanidine groups is 1. The molecule has 0 radical (unpaired) electrons. The molecule has 3 rings (SSSR count). The summed E-state index contributed by atoms with van der Waals surface area (Å²) in [6.45, 7) is 4.95. The van der Waals surface area contributed by atoms with Gasteiger partial charge in [0, 0.05) is 54.9 Å². The molecular weight excluding hydrogens is 512 g/mol. The second-order valence-electron chi connectivity index (χ2n) is 6.72. The molecule has 0 amide bonds. The molecule has 0 bridgehead atoms. The van der Waals surface area contributed by atoms with Crippen molar-refractivity contribution in [2.45, 2.75) is 18.9 Å². The maximum absolute atomic E-state index is 6.33. The summed E-state index contributed by atoms with van der Waals surface area (Å²) < 4.78 is 7.71. The van der Waals surface area contributed by atoms with Gasteiger partial charge in [0.05, 0.1) is 19.3 Å². The van der Waals surface area contributed by atoms with Crippen LogP contribution >= 0.6 is 47.2 Å². The number of aryl methyl sites for hydroxylation is 1. The minimum absolute atomic E-state index is 0. The quantitative estimate of drug-likeness (QED) is 0.362. The Kier molecular flexibility index (Phi) is 8.85. The molecule has 1 aromatic carbocycles. The number of aliphatic imine (C=N–C) groups is 1. The number of ether oxygens (including phenoxy) is 1. The third-order valence-corrected chi connectivity index (χ3v) is 5.39. The van der Waals surface area contributed by atoms with Crippen LogP contribution in [0, 0.1) is 0 Å². The topological polar surface area (TPSA) is 54.7 Å². The Morgan fingerprint density at radius 3 is 2.71 bits per heavy atom. The van der Waals surface area contributed by atoms with Crippen molar-refractivity contribution in [1.29, 1.82) is 0 Å². The first kappa shape index (κ1) is 23.3. The summed E-state index contributed by atoms with van der Waals surface area (Å²) in [5.74, 6) is 1.00. The van der Waals surface area contributed by atoms with Crippen LogP contribution in [0.15, 0.2) is 35.6 Å². The zero-order valence-electron chi connectivity index (χ0n) is 16.2. The van der Waals surface area contributed by atoms with Crippen molar-refractivity contribution in [3.05, 3.63) is 51.8 Å². The van der Waals surface area contributed by atoms with E-state index in [1.165, 1.54) is 0 Å². The maximum atomic E-state index is 6.33. The number of rotatable bonds is 4. The minimum Gasteiger partial charge on any atom is -0.370 e. The van der Waals surface area contributed by atoms with Crippen molar-refractivity contribution >= 4 is 53.1 Å². The largest absolute Gasteiger partial charge is 0.370 e. The molecule has 0 aliphatic carbocycles. The van der Waals surface area contributed by atoms with Gasteiger partial charge in [-0.05, 0) is 17.7 Å². The lowest BCUT2D eigenvalue weighted by Crippen LogP contribution is -2.48. The summed E-state index contributed by atoms with van der Waals surface area (Å²) >= 11 is 12.7. The van der Waals surface area contributed by atoms with Crippen molar-refractivity contribution in [3.8, 4) is 0 Å². The van der Waals surface area contributed by atoms with Crippen LogP contribution in [-0.4, -0.2) is 53.9 Å². The highest BCUT2D eigenvalue weighted by molar-refractivity contribution is 14.0. The number of nitrogens with zero attached hydrogens (tertiary/aromatic N) is 4. The lowest BCUT2D eigenvalue weighted by atomic mass is 10.0. The first-order chi connectivity index (χ1) is 13.0. The van der Waals surface area contributed by atoms with Crippen molar-refractivity contribution in [3.63, 3.8) is 0 Å². The molecule has 0 spiro atoms. The highest BCUT2D eigenvalue weighted by Gasteiger charge is 2.25. The molecule has 28 heavy (non-hydrogen) atoms. The van der Waals surface area contributed by atoms with E-state index < -0.39 is 0 Å². The average molecular weight is 538 g/mol. The molecular formula is C19H26Cl2IN5O. The lowest BCUT2D eigenvalue weighted by Gasteiger charge is -2.35. The number of halogens is 3. The summed E-state index contributed by atoms with van der Waals surface area (Å²) in [5.41, 5.74) is 2.04. The van der Waals surface area contributed by atoms with Gasteiger partial charge < -0.3 is 15.0 Å². The third-order valence-electron chi connectivity index (χ3n) is 4.73. The van der Waals surface area contributed by atoms with Gasteiger partial charge in [-0.25, -0.2) is 0 Å². The molecule has 2 unspecified atom stereocenters. The molecule has 154 valence electrons. The number of aromatic nitrogens is 2. The van der Waals surface area contributed by atoms with E-state index in [1.807, 2.05) is 37.6 Å². The Hall–Kier alpha value is -1.03. The molecule has 1 fully saturated rings. The standard InChI is InChI=1S/C19H25Cl2N5O.HI/c1-13(18-15(20)5-4-6-16(18)21)9-23-19(22-2)26-7-8-27-17(12-26)14-10-24-25(3)11-14;/h4-6,10-11,13,17H,7-9,12H2,1-3H3,(H,22,23);1H. The minimum atomic E-state index is -0.0126. The number of morpholine rings is 1. The summed E-state index contributed by atoms with van der Waals surface area (Å²) in [6, 6.07) is 5.60. The fourth-order valence-electron chi connectivity index (χ4n) is 3.31. The van der Waals surface area contributed by atoms with E-state index in [0.717, 1.165) is 30.2 Å². The predicted octanol–water partition coefficient (Wildman–Crippen LogP) is 4.10. The van der Waals surface area contributed by atoms with Gasteiger partial charge >= 0.3 is 0 Å². The molecule has 1 saturated heterocycles. The van der Waals surface area contributed by atoms with Crippen molar-refractivity contribution in [2.24, 2.45) is 12.0 Å². The first-order valence-electron chi connectivity index (χ1n) is 8.99. The fourth-order valence-corrected chi connectivity index (χ4v) is 4.08. The van der Waals surface area contributed by atoms with Crippen LogP contribution in [0.2, 0.25) is 10.0 Å². The fraction of sp³-hybridized carbons (Fsp3) is 0.474. The summed E-state index contributed by atoms with van der Waals surface area (Å²) in [7, 11) is 3.70. The number of benzene rings is 1. The molecule has 2 atom stereocenters. The molecule has 2 heterocycles. The Bertz CT molecular complexity index is 793. The van der Waals surface area contributed by atoms with Gasteiger partial charge in [-0.2, -0.15) is 5.10 Å². The maximum Gasteiger partial charge on any atom is 0.193 e. The van der Waals surface area contributed by atoms with E-state index in [0.29, 0.717) is 23.2 Å². The van der Waals surface area contributed by atoms with E-state index in [4.69, 9.17) is 27.9 Å². The number of nitrogens with one attached hydrogen (secondary N) is 1. The van der Waals surface area contributed by atoms with Crippen LogP contribution in [-0.2, 0) is 11.8 Å². The molecule has 6 nitrogen and oxygen atoms in total. The average Bonchev–Trinajstić information content (AvgIpc) is 3.09. The Labute approximate surface area is 193 Å². The van der Waals surface area contributed by atoms with Crippen molar-refractivity contribution in [1.82, 2.24) is 20.0 Å². The summed E-state index contributed by atoms with van der Waals surface area (Å²) in [6.07, 6.45) is 3.83. The predicted molar refractivity (Wildman–Crippen MR) is 125 cm³/mol. The van der Waals surface area contributed by atoms with Gasteiger partial charge in [-0.1, -0.05) is 36.2 Å². The Balaban J connectivity index is 0.00000280. The van der Waals surface area contributed by atoms with Gasteiger partial charge in [-0.3, -0.25) is 9.67 Å². The van der Waals surface area contributed by atoms with Crippen LogP contribution in [0.1, 0.15) is 30.1 Å². The Morgan fingerprint density at radius 1 is 1.39 bits per heavy atom. The Morgan fingerprint density at radius 2 is 2.11 bits per heavy atom. The first-order valence-corrected chi connectivity index (χ1v) is 9.74. The van der Waals surface area contributed by atoms with Gasteiger partial charge in [-0.15, -0.1) is 24.0 Å². The molecule has 9 heteroatoms. The molecule has 1 aromatic heterocycles. The summed E-state index contributed by atoms with van der Waals surface area (Å²) in [5, 5.41) is 9.07. The lowest BCUT2D eigenvalue weighted by molar-refractivity contribution is -0.00803. The molecule has 2 aromatic rings. The molecule has 1 aliphatic heterocycles. The molecule has 1 N–H and O–H groups in total. The highest BCUT2D eigenvalue weighted by atomic mass is 127. The van der Waals surface area contributed by atoms with Crippen LogP contribution in [0.25, 0.3) is 0 Å². The summed E-state index contributed by atoms with van der Waals surface area (Å²) in [4.78, 5) is 6.66. The van der Waals surface area contributed by atoms with Crippen molar-refractivity contribution in [2.75, 3.05) is 33.3 Å². The molecule has 1 aliphatic rings. The van der Waals surface area contributed by atoms with Crippen LogP contribution in [0.3, 0.4) is 0 Å². The number of hydrogen-bond donors (Lipinski definition) is 1. The van der Waals surface area contributed by atoms with Crippen molar-refractivity contribution < 1.29 is 4.74 Å².